The second-order valence-electron chi connectivity index (χ2n) is 6.02. The molecular weight excluding hydrogens is 238 g/mol. The predicted molar refractivity (Wildman–Crippen MR) is 72.9 cm³/mol. The number of fused-ring (bicyclic) bond motifs is 1. The molecule has 1 fully saturated rings. The number of hydrogen-bond donors (Lipinski definition) is 0. The molecule has 19 heavy (non-hydrogen) atoms. The number of nitrogens with zero attached hydrogens (tertiary/aromatic N) is 1. The summed E-state index contributed by atoms with van der Waals surface area (Å²) in [6.07, 6.45) is 3.45. The van der Waals surface area contributed by atoms with Crippen LogP contribution in [0.1, 0.15) is 53.8 Å². The minimum atomic E-state index is -0.111. The van der Waals surface area contributed by atoms with Crippen LogP contribution in [0.15, 0.2) is 24.3 Å². The summed E-state index contributed by atoms with van der Waals surface area (Å²) in [6.45, 7) is 4.19. The van der Waals surface area contributed by atoms with Crippen molar-refractivity contribution in [2.75, 3.05) is 0 Å². The van der Waals surface area contributed by atoms with Crippen LogP contribution in [0.4, 0.5) is 0 Å². The van der Waals surface area contributed by atoms with Crippen LogP contribution < -0.4 is 0 Å². The molecule has 0 N–H and O–H groups in total. The van der Waals surface area contributed by atoms with E-state index in [2.05, 4.69) is 13.8 Å². The van der Waals surface area contributed by atoms with E-state index in [9.17, 15) is 9.59 Å². The van der Waals surface area contributed by atoms with E-state index in [1.54, 1.807) is 12.1 Å². The molecule has 0 unspecified atom stereocenters. The molecule has 1 aromatic rings. The SMILES string of the molecule is CC(C)[C@@H](CC1CC1)N1C(=O)c2ccccc2C1=O. The van der Waals surface area contributed by atoms with Gasteiger partial charge >= 0.3 is 0 Å². The lowest BCUT2D eigenvalue weighted by atomic mass is 9.96. The van der Waals surface area contributed by atoms with Gasteiger partial charge in [-0.3, -0.25) is 14.5 Å². The minimum Gasteiger partial charge on any atom is -0.271 e. The van der Waals surface area contributed by atoms with Gasteiger partial charge in [0.05, 0.1) is 11.1 Å². The number of carbonyl (C=O) groups is 2. The van der Waals surface area contributed by atoms with Crippen LogP contribution in [0.5, 0.6) is 0 Å². The molecule has 2 amide bonds. The maximum atomic E-state index is 12.5. The Morgan fingerprint density at radius 2 is 1.63 bits per heavy atom. The van der Waals surface area contributed by atoms with Crippen molar-refractivity contribution < 1.29 is 9.59 Å². The Balaban J connectivity index is 1.92. The van der Waals surface area contributed by atoms with Crippen molar-refractivity contribution in [3.63, 3.8) is 0 Å². The third kappa shape index (κ3) is 2.07. The second-order valence-corrected chi connectivity index (χ2v) is 6.02. The molecule has 3 nitrogen and oxygen atoms in total. The maximum Gasteiger partial charge on any atom is 0.261 e. The average Bonchev–Trinajstić information content (AvgIpc) is 3.17. The van der Waals surface area contributed by atoms with Crippen molar-refractivity contribution in [3.05, 3.63) is 35.4 Å². The zero-order valence-electron chi connectivity index (χ0n) is 11.4. The van der Waals surface area contributed by atoms with Gasteiger partial charge in [0.1, 0.15) is 0 Å². The number of benzene rings is 1. The normalized spacial score (nSPS) is 20.1. The van der Waals surface area contributed by atoms with E-state index >= 15 is 0 Å². The maximum absolute atomic E-state index is 12.5. The Bertz CT molecular complexity index is 496. The van der Waals surface area contributed by atoms with Crippen molar-refractivity contribution in [1.82, 2.24) is 4.90 Å². The monoisotopic (exact) mass is 257 g/mol. The van der Waals surface area contributed by atoms with Crippen LogP contribution in [-0.4, -0.2) is 22.8 Å². The van der Waals surface area contributed by atoms with E-state index < -0.39 is 0 Å². The van der Waals surface area contributed by atoms with E-state index in [0.717, 1.165) is 6.42 Å². The molecule has 1 aliphatic heterocycles. The van der Waals surface area contributed by atoms with Gasteiger partial charge in [0.2, 0.25) is 0 Å². The number of hydrogen-bond acceptors (Lipinski definition) is 2. The highest BCUT2D eigenvalue weighted by Crippen LogP contribution is 2.38. The smallest absolute Gasteiger partial charge is 0.261 e. The minimum absolute atomic E-state index is 0.0416. The van der Waals surface area contributed by atoms with Gasteiger partial charge in [0, 0.05) is 6.04 Å². The lowest BCUT2D eigenvalue weighted by molar-refractivity contribution is 0.0524. The largest absolute Gasteiger partial charge is 0.271 e. The molecule has 2 aliphatic rings. The van der Waals surface area contributed by atoms with Crippen LogP contribution in [0.25, 0.3) is 0 Å². The standard InChI is InChI=1S/C16H19NO2/c1-10(2)14(9-11-7-8-11)17-15(18)12-5-3-4-6-13(12)16(17)19/h3-6,10-11,14H,7-9H2,1-2H3/t14-/m1/s1. The van der Waals surface area contributed by atoms with E-state index in [-0.39, 0.29) is 17.9 Å². The zero-order chi connectivity index (χ0) is 13.6. The quantitative estimate of drug-likeness (QED) is 0.777. The van der Waals surface area contributed by atoms with Crippen molar-refractivity contribution in [2.45, 2.75) is 39.2 Å². The fourth-order valence-corrected chi connectivity index (χ4v) is 2.88. The first-order valence-electron chi connectivity index (χ1n) is 7.06. The lowest BCUT2D eigenvalue weighted by Gasteiger charge is -2.29. The van der Waals surface area contributed by atoms with Gasteiger partial charge in [0.15, 0.2) is 0 Å². The highest BCUT2D eigenvalue weighted by molar-refractivity contribution is 6.21. The number of imide groups is 1. The predicted octanol–water partition coefficient (Wildman–Crippen LogP) is 3.11. The lowest BCUT2D eigenvalue weighted by Crippen LogP contribution is -2.43. The number of rotatable bonds is 4. The van der Waals surface area contributed by atoms with Gasteiger partial charge in [-0.2, -0.15) is 0 Å². The van der Waals surface area contributed by atoms with Crippen molar-refractivity contribution in [2.24, 2.45) is 11.8 Å². The molecule has 0 saturated heterocycles. The second kappa shape index (κ2) is 4.48. The summed E-state index contributed by atoms with van der Waals surface area (Å²) in [5.41, 5.74) is 1.13. The van der Waals surface area contributed by atoms with Gasteiger partial charge in [-0.15, -0.1) is 0 Å². The van der Waals surface area contributed by atoms with E-state index in [1.165, 1.54) is 17.7 Å². The summed E-state index contributed by atoms with van der Waals surface area (Å²) in [5, 5.41) is 0. The number of amides is 2. The first kappa shape index (κ1) is 12.4. The molecule has 1 atom stereocenters. The van der Waals surface area contributed by atoms with Crippen LogP contribution in [0, 0.1) is 11.8 Å². The third-order valence-corrected chi connectivity index (χ3v) is 4.20. The first-order valence-corrected chi connectivity index (χ1v) is 7.06. The van der Waals surface area contributed by atoms with Crippen LogP contribution in [0.3, 0.4) is 0 Å². The Hall–Kier alpha value is -1.64. The van der Waals surface area contributed by atoms with E-state index in [0.29, 0.717) is 23.0 Å². The molecule has 3 rings (SSSR count). The fraction of sp³-hybridized carbons (Fsp3) is 0.500. The Morgan fingerprint density at radius 1 is 1.11 bits per heavy atom. The molecule has 100 valence electrons. The fourth-order valence-electron chi connectivity index (χ4n) is 2.88. The molecule has 1 aliphatic carbocycles. The van der Waals surface area contributed by atoms with Crippen LogP contribution >= 0.6 is 0 Å². The van der Waals surface area contributed by atoms with Crippen molar-refractivity contribution in [3.8, 4) is 0 Å². The van der Waals surface area contributed by atoms with Gasteiger partial charge in [-0.25, -0.2) is 0 Å². The first-order chi connectivity index (χ1) is 9.09. The topological polar surface area (TPSA) is 37.4 Å². The van der Waals surface area contributed by atoms with E-state index in [1.807, 2.05) is 12.1 Å². The molecule has 1 saturated carbocycles. The summed E-state index contributed by atoms with van der Waals surface area (Å²) in [5.74, 6) is 0.791. The Morgan fingerprint density at radius 3 is 2.05 bits per heavy atom. The Kier molecular flexibility index (Phi) is 2.92. The summed E-state index contributed by atoms with van der Waals surface area (Å²) in [7, 11) is 0. The van der Waals surface area contributed by atoms with Gasteiger partial charge < -0.3 is 0 Å². The van der Waals surface area contributed by atoms with Crippen molar-refractivity contribution >= 4 is 11.8 Å². The van der Waals surface area contributed by atoms with Crippen LogP contribution in [0.2, 0.25) is 0 Å². The molecule has 0 bridgehead atoms. The molecule has 3 heteroatoms. The summed E-state index contributed by atoms with van der Waals surface area (Å²) < 4.78 is 0. The number of carbonyl (C=O) groups excluding carboxylic acids is 2. The zero-order valence-corrected chi connectivity index (χ0v) is 11.4. The molecule has 0 spiro atoms. The highest BCUT2D eigenvalue weighted by Gasteiger charge is 2.42. The molecule has 0 aromatic heterocycles. The molecule has 1 aromatic carbocycles. The summed E-state index contributed by atoms with van der Waals surface area (Å²) >= 11 is 0. The van der Waals surface area contributed by atoms with Gasteiger partial charge in [-0.05, 0) is 30.4 Å². The molecular formula is C16H19NO2. The third-order valence-electron chi connectivity index (χ3n) is 4.20. The Labute approximate surface area is 113 Å². The molecule has 1 heterocycles. The summed E-state index contributed by atoms with van der Waals surface area (Å²) in [4.78, 5) is 26.4. The van der Waals surface area contributed by atoms with E-state index in [4.69, 9.17) is 0 Å². The van der Waals surface area contributed by atoms with Gasteiger partial charge in [0.25, 0.3) is 11.8 Å². The highest BCUT2D eigenvalue weighted by atomic mass is 16.2. The van der Waals surface area contributed by atoms with Gasteiger partial charge in [-0.1, -0.05) is 38.8 Å². The molecule has 0 radical (unpaired) electrons. The van der Waals surface area contributed by atoms with Crippen LogP contribution in [-0.2, 0) is 0 Å². The average molecular weight is 257 g/mol. The summed E-state index contributed by atoms with van der Waals surface area (Å²) in [6, 6.07) is 7.19. The van der Waals surface area contributed by atoms with Crippen molar-refractivity contribution in [1.29, 1.82) is 0 Å².